The summed E-state index contributed by atoms with van der Waals surface area (Å²) in [7, 11) is -10.7. The van der Waals surface area contributed by atoms with Crippen molar-refractivity contribution < 1.29 is 40.0 Å². The molecule has 0 saturated heterocycles. The van der Waals surface area contributed by atoms with E-state index < -0.39 is 13.8 Å². The third kappa shape index (κ3) is 30.4. The molecule has 3 aromatic heterocycles. The van der Waals surface area contributed by atoms with Crippen LogP contribution in [0.4, 0.5) is 36.6 Å². The van der Waals surface area contributed by atoms with Gasteiger partial charge < -0.3 is 10.8 Å². The molecule has 0 atom stereocenters. The fourth-order valence-corrected chi connectivity index (χ4v) is 9.16. The molecule has 0 amide bonds. The number of carboxylic acid groups (broad SMARTS) is 1. The molecule has 19 heteroatoms. The number of carboxylic acids is 1. The summed E-state index contributed by atoms with van der Waals surface area (Å²) in [6.45, 7) is 47.2. The van der Waals surface area contributed by atoms with Crippen LogP contribution >= 0.6 is 7.81 Å². The van der Waals surface area contributed by atoms with Gasteiger partial charge in [0, 0.05) is 52.6 Å². The van der Waals surface area contributed by atoms with Gasteiger partial charge in [-0.2, -0.15) is 15.3 Å². The fourth-order valence-electron chi connectivity index (χ4n) is 9.16. The maximum absolute atomic E-state index is 11.2. The van der Waals surface area contributed by atoms with E-state index in [0.29, 0.717) is 5.56 Å². The minimum atomic E-state index is -10.7. The average molecular weight is 1360 g/mol. The second-order valence-corrected chi connectivity index (χ2v) is 31.5. The van der Waals surface area contributed by atoms with Gasteiger partial charge in [0.15, 0.2) is 0 Å². The minimum absolute atomic E-state index is 0.102. The number of benzene rings is 6. The number of nitrogens with two attached hydrogens (primary N) is 1. The monoisotopic (exact) mass is 1360 g/mol. The SMILES string of the molecule is C=C/C(=C/C)c1ccc(C(C)(C)C)cc1.CC(C)(C)c1ccc(-c2cn[nH]c2)c(N)c1.CC(C)(C)c1ccc(-c2cn[nH]c2)c([N+](=O)[O-])c1.CC(C)(C)c1ccc(-c2cn[nH]c2)cc1.CC(C)(C)c1ccc(CC(=O)O)cc1.CCc1ccc(C(C)(C)C)cc1.F[P-](F)(F)(F)(F)F. The number of hydrogen-bond donors (Lipinski definition) is 5. The first-order chi connectivity index (χ1) is 44.3. The van der Waals surface area contributed by atoms with E-state index in [4.69, 9.17) is 10.8 Å². The number of halogens is 6. The molecular weight excluding hydrogens is 1260 g/mol. The number of rotatable bonds is 9. The van der Waals surface area contributed by atoms with Gasteiger partial charge in [-0.15, -0.1) is 0 Å². The number of aromatic nitrogens is 6. The van der Waals surface area contributed by atoms with Crippen molar-refractivity contribution in [1.82, 2.24) is 30.6 Å². The Hall–Kier alpha value is -8.89. The molecule has 0 radical (unpaired) electrons. The van der Waals surface area contributed by atoms with Crippen LogP contribution in [0.3, 0.4) is 0 Å². The normalized spacial score (nSPS) is 12.6. The number of H-pyrrole nitrogens is 3. The summed E-state index contributed by atoms with van der Waals surface area (Å²) in [6, 6.07) is 45.6. The fraction of sp³-hybridized carbons (Fsp3) is 0.359. The number of carbonyl (C=O) groups is 1. The average Bonchev–Trinajstić information content (AvgIpc) is 1.10. The van der Waals surface area contributed by atoms with Gasteiger partial charge in [-0.3, -0.25) is 30.2 Å². The second kappa shape index (κ2) is 32.9. The van der Waals surface area contributed by atoms with Crippen molar-refractivity contribution in [3.63, 3.8) is 0 Å². The summed E-state index contributed by atoms with van der Waals surface area (Å²) in [4.78, 5) is 21.3. The predicted molar refractivity (Wildman–Crippen MR) is 393 cm³/mol. The quantitative estimate of drug-likeness (QED) is 0.0235. The number of hydrogen-bond acceptors (Lipinski definition) is 7. The number of nitrogen functional groups attached to an aromatic ring is 1. The molecule has 526 valence electrons. The Morgan fingerprint density at radius 1 is 0.505 bits per heavy atom. The first-order valence-electron chi connectivity index (χ1n) is 32.0. The van der Waals surface area contributed by atoms with E-state index in [1.54, 1.807) is 30.7 Å². The Labute approximate surface area is 571 Å². The van der Waals surface area contributed by atoms with Crippen molar-refractivity contribution in [2.75, 3.05) is 5.73 Å². The molecule has 3 heterocycles. The van der Waals surface area contributed by atoms with Crippen LogP contribution in [0.25, 0.3) is 39.0 Å². The summed E-state index contributed by atoms with van der Waals surface area (Å²) in [5.41, 5.74) is 25.8. The number of nitrogens with zero attached hydrogens (tertiary/aromatic N) is 4. The van der Waals surface area contributed by atoms with Crippen LogP contribution < -0.4 is 5.73 Å². The van der Waals surface area contributed by atoms with Gasteiger partial charge in [-0.25, -0.2) is 0 Å². The summed E-state index contributed by atoms with van der Waals surface area (Å²) < 4.78 is 59.2. The summed E-state index contributed by atoms with van der Waals surface area (Å²) in [6.07, 6.45) is 15.8. The summed E-state index contributed by atoms with van der Waals surface area (Å²) >= 11 is 0. The molecule has 12 nitrogen and oxygen atoms in total. The van der Waals surface area contributed by atoms with Crippen molar-refractivity contribution in [1.29, 1.82) is 0 Å². The number of allylic oxidation sites excluding steroid dienone is 3. The first-order valence-corrected chi connectivity index (χ1v) is 34.0. The number of nitrogens with one attached hydrogen (secondary N) is 3. The van der Waals surface area contributed by atoms with E-state index in [1.165, 1.54) is 50.1 Å². The van der Waals surface area contributed by atoms with Crippen molar-refractivity contribution >= 4 is 30.7 Å². The number of aliphatic carboxylic acids is 1. The third-order valence-electron chi connectivity index (χ3n) is 15.2. The van der Waals surface area contributed by atoms with Crippen molar-refractivity contribution in [2.24, 2.45) is 0 Å². The second-order valence-electron chi connectivity index (χ2n) is 29.6. The zero-order chi connectivity index (χ0) is 73.8. The Balaban J connectivity index is 0.000000298. The van der Waals surface area contributed by atoms with Crippen LogP contribution in [0.2, 0.25) is 0 Å². The van der Waals surface area contributed by atoms with Gasteiger partial charge in [0.25, 0.3) is 5.69 Å². The molecule has 9 aromatic rings. The molecule has 0 aliphatic rings. The third-order valence-corrected chi connectivity index (χ3v) is 15.2. The zero-order valence-electron chi connectivity index (χ0n) is 60.2. The Kier molecular flexibility index (Phi) is 27.9. The van der Waals surface area contributed by atoms with Crippen molar-refractivity contribution in [2.45, 2.75) is 184 Å². The number of aromatic amines is 3. The van der Waals surface area contributed by atoms with Gasteiger partial charge in [0.1, 0.15) is 0 Å². The van der Waals surface area contributed by atoms with Crippen molar-refractivity contribution in [3.8, 4) is 33.4 Å². The van der Waals surface area contributed by atoms with E-state index in [-0.39, 0.29) is 49.5 Å². The van der Waals surface area contributed by atoms with E-state index in [9.17, 15) is 40.1 Å². The van der Waals surface area contributed by atoms with Crippen molar-refractivity contribution in [3.05, 3.63) is 250 Å². The van der Waals surface area contributed by atoms with Gasteiger partial charge in [0.05, 0.1) is 35.5 Å². The van der Waals surface area contributed by atoms with Gasteiger partial charge in [0.2, 0.25) is 0 Å². The Morgan fingerprint density at radius 2 is 0.825 bits per heavy atom. The molecule has 0 fully saturated rings. The van der Waals surface area contributed by atoms with E-state index >= 15 is 0 Å². The van der Waals surface area contributed by atoms with Gasteiger partial charge in [-0.05, 0) is 119 Å². The molecule has 0 aliphatic carbocycles. The topological polar surface area (TPSA) is 192 Å². The van der Waals surface area contributed by atoms with E-state index in [1.807, 2.05) is 88.8 Å². The predicted octanol–water partition coefficient (Wildman–Crippen LogP) is 23.7. The number of nitro groups is 1. The van der Waals surface area contributed by atoms with E-state index in [2.05, 4.69) is 239 Å². The van der Waals surface area contributed by atoms with Crippen LogP contribution in [0.5, 0.6) is 0 Å². The molecule has 97 heavy (non-hydrogen) atoms. The molecule has 0 spiro atoms. The summed E-state index contributed by atoms with van der Waals surface area (Å²) in [5, 5.41) is 39.7. The number of aryl methyl sites for hydroxylation is 1. The van der Waals surface area contributed by atoms with Crippen LogP contribution in [-0.4, -0.2) is 46.6 Å². The standard InChI is InChI=1S/C15H20.C13H15N3O2.C13H17N3.C13H16N2.C12H16O2.C12H18.F6P/c1-6-12(7-2)13-8-10-14(11-9-13)15(3,4)5;1-13(2,3)10-4-5-11(9-7-14-15-8-9)12(6-10)16(17)18;1-13(2,3)10-4-5-11(12(14)6-10)9-7-15-16-8-9;1-13(2,3)12-6-4-10(5-7-12)11-8-14-15-9-11;1-12(2,3)10-6-4-9(5-7-10)8-11(13)14;1-5-10-6-8-11(9-7-10)12(2,3)4;1-7(2,3,4,5)6/h6-11H,1H2,2-5H3;4-8H,1-3H3,(H,14,15);4-8H,14H2,1-3H3,(H,15,16);4-9H,1-3H3,(H,14,15);4-7H,8H2,1-3H3,(H,13,14);6-9H,5H2,1-4H3;/q;;;;;;-1/b12-7-;;;;;;. The number of anilines is 1. The number of nitro benzene ring substituents is 1. The molecule has 0 saturated carbocycles. The molecule has 6 aromatic carbocycles. The maximum atomic E-state index is 11.2. The first kappa shape index (κ1) is 82.3. The Bertz CT molecular complexity index is 3910. The summed E-state index contributed by atoms with van der Waals surface area (Å²) in [5.74, 6) is -0.784. The molecule has 6 N–H and O–H groups in total. The molecule has 0 unspecified atom stereocenters. The van der Waals surface area contributed by atoms with Crippen LogP contribution in [0.15, 0.2) is 189 Å². The molecule has 0 aliphatic heterocycles. The van der Waals surface area contributed by atoms with E-state index in [0.717, 1.165) is 45.5 Å². The molecular formula is C78H102F6N8O4P-. The molecule has 9 rings (SSSR count). The molecule has 0 bridgehead atoms. The van der Waals surface area contributed by atoms with Gasteiger partial charge >= 0.3 is 39.0 Å². The zero-order valence-corrected chi connectivity index (χ0v) is 61.1. The van der Waals surface area contributed by atoms with Crippen LogP contribution in [-0.2, 0) is 50.1 Å². The van der Waals surface area contributed by atoms with Gasteiger partial charge in [-0.1, -0.05) is 266 Å². The van der Waals surface area contributed by atoms with Crippen LogP contribution in [0, 0.1) is 10.1 Å². The van der Waals surface area contributed by atoms with Crippen LogP contribution in [0.1, 0.15) is 189 Å². The Morgan fingerprint density at radius 3 is 1.13 bits per heavy atom.